The Hall–Kier alpha value is -4.36. The van der Waals surface area contributed by atoms with Crippen LogP contribution in [0.4, 0.5) is 0 Å². The van der Waals surface area contributed by atoms with Crippen molar-refractivity contribution in [1.82, 2.24) is 0 Å². The molecule has 0 aliphatic carbocycles. The number of unbranched alkanes of at least 4 members (excludes halogenated alkanes) is 2. The number of esters is 2. The molecule has 7 nitrogen and oxygen atoms in total. The Kier molecular flexibility index (Phi) is 14.6. The maximum Gasteiger partial charge on any atom is 0.333 e. The van der Waals surface area contributed by atoms with Gasteiger partial charge in [-0.2, -0.15) is 0 Å². The summed E-state index contributed by atoms with van der Waals surface area (Å²) in [4.78, 5) is 23.7. The first kappa shape index (κ1) is 36.1. The molecule has 246 valence electrons. The van der Waals surface area contributed by atoms with Crippen LogP contribution in [0.5, 0.6) is 11.5 Å². The molecule has 46 heavy (non-hydrogen) atoms. The number of ether oxygens (including phenoxy) is 4. The Balaban J connectivity index is 1.96. The van der Waals surface area contributed by atoms with E-state index in [-0.39, 0.29) is 33.0 Å². The summed E-state index contributed by atoms with van der Waals surface area (Å²) < 4.78 is 22.7. The fourth-order valence-electron chi connectivity index (χ4n) is 4.97. The molecule has 0 unspecified atom stereocenters. The van der Waals surface area contributed by atoms with Gasteiger partial charge in [-0.05, 0) is 79.5 Å². The zero-order valence-corrected chi connectivity index (χ0v) is 27.8. The summed E-state index contributed by atoms with van der Waals surface area (Å²) in [6, 6.07) is 19.0. The number of carbonyl (C=O) groups is 2. The standard InChI is InChI=1S/C39H48O7/c1-7-9-10-11-29-12-14-31(15-13-29)32-16-17-34(30(8-2)24-32)35-26-36(43-20-22-45-38(41)27(3)4)33(18-19-40)25-37(35)44-21-23-46-39(42)28(5)6/h12-17,24-26,40H,3,5,7-11,18-23H2,1-2,4,6H3. The Morgan fingerprint density at radius 2 is 1.28 bits per heavy atom. The molecule has 3 aromatic rings. The van der Waals surface area contributed by atoms with E-state index in [0.717, 1.165) is 46.2 Å². The van der Waals surface area contributed by atoms with Crippen LogP contribution in [0.15, 0.2) is 78.9 Å². The van der Waals surface area contributed by atoms with Crippen molar-refractivity contribution in [2.24, 2.45) is 0 Å². The molecule has 0 fully saturated rings. The topological polar surface area (TPSA) is 91.3 Å². The molecule has 0 spiro atoms. The third-order valence-electron chi connectivity index (χ3n) is 7.52. The third kappa shape index (κ3) is 10.6. The molecule has 0 heterocycles. The number of rotatable bonds is 19. The lowest BCUT2D eigenvalue weighted by atomic mass is 9.91. The van der Waals surface area contributed by atoms with E-state index in [4.69, 9.17) is 18.9 Å². The molecule has 0 aromatic heterocycles. The van der Waals surface area contributed by atoms with Crippen molar-refractivity contribution in [1.29, 1.82) is 0 Å². The van der Waals surface area contributed by atoms with Crippen molar-refractivity contribution in [2.75, 3.05) is 33.0 Å². The summed E-state index contributed by atoms with van der Waals surface area (Å²) in [7, 11) is 0. The van der Waals surface area contributed by atoms with E-state index in [2.05, 4.69) is 69.5 Å². The van der Waals surface area contributed by atoms with Crippen molar-refractivity contribution in [3.05, 3.63) is 95.6 Å². The van der Waals surface area contributed by atoms with Crippen LogP contribution >= 0.6 is 0 Å². The lowest BCUT2D eigenvalue weighted by Gasteiger charge is -2.20. The van der Waals surface area contributed by atoms with Gasteiger partial charge in [0.25, 0.3) is 0 Å². The molecule has 0 bridgehead atoms. The summed E-state index contributed by atoms with van der Waals surface area (Å²) in [5.74, 6) is 0.185. The fraction of sp³-hybridized carbons (Fsp3) is 0.385. The highest BCUT2D eigenvalue weighted by molar-refractivity contribution is 5.87. The number of aryl methyl sites for hydroxylation is 2. The molecular weight excluding hydrogens is 580 g/mol. The second-order valence-corrected chi connectivity index (χ2v) is 11.3. The second-order valence-electron chi connectivity index (χ2n) is 11.3. The molecule has 0 atom stereocenters. The number of carbonyl (C=O) groups excluding carboxylic acids is 2. The van der Waals surface area contributed by atoms with Gasteiger partial charge >= 0.3 is 11.9 Å². The number of aliphatic hydroxyl groups excluding tert-OH is 1. The zero-order chi connectivity index (χ0) is 33.5. The van der Waals surface area contributed by atoms with E-state index >= 15 is 0 Å². The van der Waals surface area contributed by atoms with Crippen LogP contribution < -0.4 is 9.47 Å². The van der Waals surface area contributed by atoms with Crippen LogP contribution in [0.3, 0.4) is 0 Å². The molecule has 0 aliphatic heterocycles. The summed E-state index contributed by atoms with van der Waals surface area (Å²) >= 11 is 0. The number of hydrogen-bond donors (Lipinski definition) is 1. The smallest absolute Gasteiger partial charge is 0.333 e. The number of aliphatic hydroxyl groups is 1. The van der Waals surface area contributed by atoms with Gasteiger partial charge in [0.05, 0.1) is 0 Å². The van der Waals surface area contributed by atoms with Crippen LogP contribution in [0, 0.1) is 0 Å². The minimum atomic E-state index is -0.477. The molecule has 0 saturated heterocycles. The van der Waals surface area contributed by atoms with E-state index in [1.807, 2.05) is 12.1 Å². The fourth-order valence-corrected chi connectivity index (χ4v) is 4.97. The number of benzene rings is 3. The van der Waals surface area contributed by atoms with Gasteiger partial charge in [0.2, 0.25) is 0 Å². The average Bonchev–Trinajstić information content (AvgIpc) is 3.05. The normalized spacial score (nSPS) is 10.7. The Labute approximate surface area is 273 Å². The monoisotopic (exact) mass is 628 g/mol. The largest absolute Gasteiger partial charge is 0.490 e. The Bertz CT molecular complexity index is 1490. The summed E-state index contributed by atoms with van der Waals surface area (Å²) in [6.45, 7) is 15.0. The molecule has 0 amide bonds. The first-order valence-corrected chi connectivity index (χ1v) is 16.1. The van der Waals surface area contributed by atoms with Crippen molar-refractivity contribution < 1.29 is 33.6 Å². The molecule has 3 rings (SSSR count). The van der Waals surface area contributed by atoms with E-state index in [1.54, 1.807) is 13.8 Å². The van der Waals surface area contributed by atoms with Crippen LogP contribution in [0.2, 0.25) is 0 Å². The predicted molar refractivity (Wildman–Crippen MR) is 183 cm³/mol. The third-order valence-corrected chi connectivity index (χ3v) is 7.52. The molecular formula is C39H48O7. The van der Waals surface area contributed by atoms with Gasteiger partial charge < -0.3 is 24.1 Å². The second kappa shape index (κ2) is 18.6. The van der Waals surface area contributed by atoms with Crippen molar-refractivity contribution in [2.45, 2.75) is 66.2 Å². The highest BCUT2D eigenvalue weighted by Gasteiger charge is 2.18. The maximum atomic E-state index is 11.9. The maximum absolute atomic E-state index is 11.9. The van der Waals surface area contributed by atoms with Gasteiger partial charge in [0, 0.05) is 28.9 Å². The Morgan fingerprint density at radius 1 is 0.674 bits per heavy atom. The van der Waals surface area contributed by atoms with Crippen LogP contribution in [0.1, 0.15) is 63.6 Å². The van der Waals surface area contributed by atoms with Crippen LogP contribution in [-0.4, -0.2) is 50.1 Å². The molecule has 7 heteroatoms. The first-order chi connectivity index (χ1) is 22.2. The molecule has 0 saturated carbocycles. The van der Waals surface area contributed by atoms with Crippen LogP contribution in [0.25, 0.3) is 22.3 Å². The van der Waals surface area contributed by atoms with Gasteiger partial charge in [-0.1, -0.05) is 82.3 Å². The Morgan fingerprint density at radius 3 is 1.85 bits per heavy atom. The minimum absolute atomic E-state index is 0.0538. The summed E-state index contributed by atoms with van der Waals surface area (Å²) in [5.41, 5.74) is 7.91. The van der Waals surface area contributed by atoms with Crippen molar-refractivity contribution in [3.63, 3.8) is 0 Å². The zero-order valence-electron chi connectivity index (χ0n) is 27.8. The highest BCUT2D eigenvalue weighted by Crippen LogP contribution is 2.40. The number of hydrogen-bond acceptors (Lipinski definition) is 7. The van der Waals surface area contributed by atoms with Gasteiger partial charge in [-0.3, -0.25) is 0 Å². The average molecular weight is 629 g/mol. The van der Waals surface area contributed by atoms with E-state index in [1.165, 1.54) is 24.8 Å². The van der Waals surface area contributed by atoms with Crippen molar-refractivity contribution >= 4 is 11.9 Å². The van der Waals surface area contributed by atoms with Gasteiger partial charge in [-0.15, -0.1) is 0 Å². The predicted octanol–water partition coefficient (Wildman–Crippen LogP) is 7.85. The van der Waals surface area contributed by atoms with E-state index < -0.39 is 11.9 Å². The SMILES string of the molecule is C=C(C)C(=O)OCCOc1cc(-c2ccc(-c3ccc(CCCCC)cc3)cc2CC)c(OCCOC(=O)C(=C)C)cc1CCO. The first-order valence-electron chi connectivity index (χ1n) is 16.1. The quantitative estimate of drug-likeness (QED) is 0.0821. The van der Waals surface area contributed by atoms with Gasteiger partial charge in [0.1, 0.15) is 37.9 Å². The molecule has 0 radical (unpaired) electrons. The minimum Gasteiger partial charge on any atom is -0.490 e. The van der Waals surface area contributed by atoms with Crippen molar-refractivity contribution in [3.8, 4) is 33.8 Å². The van der Waals surface area contributed by atoms with Gasteiger partial charge in [-0.25, -0.2) is 9.59 Å². The summed E-state index contributed by atoms with van der Waals surface area (Å²) in [5, 5.41) is 9.80. The molecule has 3 aromatic carbocycles. The molecule has 0 aliphatic rings. The van der Waals surface area contributed by atoms with E-state index in [0.29, 0.717) is 29.1 Å². The summed E-state index contributed by atoms with van der Waals surface area (Å²) in [6.07, 6.45) is 5.85. The van der Waals surface area contributed by atoms with Gasteiger partial charge in [0.15, 0.2) is 0 Å². The lowest BCUT2D eigenvalue weighted by molar-refractivity contribution is -0.140. The molecule has 1 N–H and O–H groups in total. The van der Waals surface area contributed by atoms with Crippen LogP contribution in [-0.2, 0) is 38.3 Å². The highest BCUT2D eigenvalue weighted by atomic mass is 16.6. The lowest BCUT2D eigenvalue weighted by Crippen LogP contribution is -2.14. The van der Waals surface area contributed by atoms with E-state index in [9.17, 15) is 14.7 Å².